The molecular formula is C12H15BrFNO3S. The third-order valence-corrected chi connectivity index (χ3v) is 3.91. The minimum absolute atomic E-state index is 0.0427. The first-order valence-corrected chi connectivity index (χ1v) is 7.16. The molecule has 4 nitrogen and oxygen atoms in total. The first kappa shape index (κ1) is 16.2. The molecule has 0 aliphatic rings. The van der Waals surface area contributed by atoms with Crippen LogP contribution < -0.4 is 4.74 Å². The van der Waals surface area contributed by atoms with E-state index in [0.717, 1.165) is 12.1 Å². The number of hydrogen-bond donors (Lipinski definition) is 1. The van der Waals surface area contributed by atoms with Crippen LogP contribution in [0.2, 0.25) is 0 Å². The summed E-state index contributed by atoms with van der Waals surface area (Å²) in [6.45, 7) is 4.30. The highest BCUT2D eigenvalue weighted by Crippen LogP contribution is 2.33. The summed E-state index contributed by atoms with van der Waals surface area (Å²) in [5.41, 5.74) is -0.255. The Balaban J connectivity index is 2.94. The second kappa shape index (κ2) is 7.09. The lowest BCUT2D eigenvalue weighted by Crippen LogP contribution is -2.19. The van der Waals surface area contributed by atoms with E-state index in [1.807, 2.05) is 13.8 Å². The number of nitrogens with zero attached hydrogens (tertiary/aromatic N) is 1. The molecule has 0 radical (unpaired) electrons. The van der Waals surface area contributed by atoms with Crippen LogP contribution in [0.15, 0.2) is 16.6 Å². The molecule has 0 aliphatic carbocycles. The highest BCUT2D eigenvalue weighted by Gasteiger charge is 2.21. The Hall–Kier alpha value is -0.820. The fraction of sp³-hybridized carbons (Fsp3) is 0.500. The van der Waals surface area contributed by atoms with Crippen molar-refractivity contribution in [3.63, 3.8) is 0 Å². The molecule has 1 aromatic rings. The minimum Gasteiger partial charge on any atom is -0.486 e. The van der Waals surface area contributed by atoms with Crippen LogP contribution >= 0.6 is 28.6 Å². The van der Waals surface area contributed by atoms with E-state index in [0.29, 0.717) is 11.7 Å². The molecule has 0 N–H and O–H groups in total. The first-order chi connectivity index (χ1) is 8.86. The van der Waals surface area contributed by atoms with E-state index in [9.17, 15) is 14.5 Å². The molecule has 0 saturated carbocycles. The average Bonchev–Trinajstić information content (AvgIpc) is 2.33. The molecule has 1 atom stereocenters. The second-order valence-electron chi connectivity index (χ2n) is 4.49. The SMILES string of the molecule is CC(C)C(CS)COc1cc(F)c(Br)cc1[N+](=O)[O-]. The van der Waals surface area contributed by atoms with E-state index in [4.69, 9.17) is 4.74 Å². The topological polar surface area (TPSA) is 52.4 Å². The van der Waals surface area contributed by atoms with E-state index in [2.05, 4.69) is 28.6 Å². The van der Waals surface area contributed by atoms with Gasteiger partial charge in [0.25, 0.3) is 0 Å². The van der Waals surface area contributed by atoms with Crippen molar-refractivity contribution in [1.29, 1.82) is 0 Å². The van der Waals surface area contributed by atoms with Gasteiger partial charge in [-0.15, -0.1) is 0 Å². The lowest BCUT2D eigenvalue weighted by Gasteiger charge is -2.19. The lowest BCUT2D eigenvalue weighted by atomic mass is 9.99. The van der Waals surface area contributed by atoms with Crippen LogP contribution in [-0.4, -0.2) is 17.3 Å². The summed E-state index contributed by atoms with van der Waals surface area (Å²) in [6, 6.07) is 2.13. The molecule has 19 heavy (non-hydrogen) atoms. The van der Waals surface area contributed by atoms with Crippen LogP contribution in [0, 0.1) is 27.8 Å². The summed E-state index contributed by atoms with van der Waals surface area (Å²) < 4.78 is 18.9. The Morgan fingerprint density at radius 2 is 2.16 bits per heavy atom. The molecule has 0 saturated heterocycles. The zero-order valence-electron chi connectivity index (χ0n) is 10.6. The maximum atomic E-state index is 13.4. The first-order valence-electron chi connectivity index (χ1n) is 5.73. The summed E-state index contributed by atoms with van der Waals surface area (Å²) in [7, 11) is 0. The summed E-state index contributed by atoms with van der Waals surface area (Å²) >= 11 is 7.13. The number of nitro benzene ring substituents is 1. The van der Waals surface area contributed by atoms with Gasteiger partial charge in [-0.05, 0) is 27.6 Å². The van der Waals surface area contributed by atoms with Gasteiger partial charge in [0.15, 0.2) is 5.75 Å². The monoisotopic (exact) mass is 351 g/mol. The number of halogens is 2. The van der Waals surface area contributed by atoms with Gasteiger partial charge in [0.2, 0.25) is 0 Å². The predicted octanol–water partition coefficient (Wildman–Crippen LogP) is 4.08. The number of nitro groups is 1. The molecular weight excluding hydrogens is 337 g/mol. The summed E-state index contributed by atoms with van der Waals surface area (Å²) in [5, 5.41) is 10.9. The molecule has 0 heterocycles. The highest BCUT2D eigenvalue weighted by atomic mass is 79.9. The molecule has 106 valence electrons. The standard InChI is InChI=1S/C12H15BrFNO3S/c1-7(2)8(6-19)5-18-12-4-10(14)9(13)3-11(12)15(16)17/h3-4,7-8,19H,5-6H2,1-2H3. The fourth-order valence-corrected chi connectivity index (χ4v) is 2.29. The van der Waals surface area contributed by atoms with Gasteiger partial charge in [-0.25, -0.2) is 4.39 Å². The van der Waals surface area contributed by atoms with E-state index in [1.165, 1.54) is 0 Å². The van der Waals surface area contributed by atoms with Gasteiger partial charge in [-0.2, -0.15) is 12.6 Å². The Morgan fingerprint density at radius 1 is 1.53 bits per heavy atom. The number of benzene rings is 1. The number of hydrogen-bond acceptors (Lipinski definition) is 4. The van der Waals surface area contributed by atoms with E-state index in [1.54, 1.807) is 0 Å². The lowest BCUT2D eigenvalue weighted by molar-refractivity contribution is -0.386. The summed E-state index contributed by atoms with van der Waals surface area (Å²) in [6.07, 6.45) is 0. The summed E-state index contributed by atoms with van der Waals surface area (Å²) in [4.78, 5) is 10.3. The molecule has 7 heteroatoms. The molecule has 1 aromatic carbocycles. The van der Waals surface area contributed by atoms with E-state index < -0.39 is 10.7 Å². The van der Waals surface area contributed by atoms with E-state index in [-0.39, 0.29) is 28.4 Å². The van der Waals surface area contributed by atoms with Gasteiger partial charge in [-0.3, -0.25) is 10.1 Å². The normalized spacial score (nSPS) is 12.5. The van der Waals surface area contributed by atoms with Gasteiger partial charge in [0.1, 0.15) is 5.82 Å². The number of rotatable bonds is 6. The van der Waals surface area contributed by atoms with Crippen LogP contribution in [0.1, 0.15) is 13.8 Å². The molecule has 1 rings (SSSR count). The maximum absolute atomic E-state index is 13.4. The Morgan fingerprint density at radius 3 is 2.63 bits per heavy atom. The van der Waals surface area contributed by atoms with Crippen molar-refractivity contribution in [2.75, 3.05) is 12.4 Å². The van der Waals surface area contributed by atoms with Crippen molar-refractivity contribution in [2.24, 2.45) is 11.8 Å². The van der Waals surface area contributed by atoms with Crippen molar-refractivity contribution >= 4 is 34.2 Å². The predicted molar refractivity (Wildman–Crippen MR) is 78.4 cm³/mol. The van der Waals surface area contributed by atoms with Crippen molar-refractivity contribution in [1.82, 2.24) is 0 Å². The van der Waals surface area contributed by atoms with Crippen molar-refractivity contribution in [2.45, 2.75) is 13.8 Å². The van der Waals surface area contributed by atoms with Crippen LogP contribution in [-0.2, 0) is 0 Å². The largest absolute Gasteiger partial charge is 0.486 e. The van der Waals surface area contributed by atoms with Crippen molar-refractivity contribution in [3.05, 3.63) is 32.5 Å². The van der Waals surface area contributed by atoms with Gasteiger partial charge < -0.3 is 4.74 Å². The van der Waals surface area contributed by atoms with E-state index >= 15 is 0 Å². The van der Waals surface area contributed by atoms with Crippen LogP contribution in [0.5, 0.6) is 5.75 Å². The zero-order chi connectivity index (χ0) is 14.6. The quantitative estimate of drug-likeness (QED) is 0.477. The summed E-state index contributed by atoms with van der Waals surface area (Å²) in [5.74, 6) is 0.432. The van der Waals surface area contributed by atoms with Gasteiger partial charge >= 0.3 is 5.69 Å². The van der Waals surface area contributed by atoms with Gasteiger partial charge in [0, 0.05) is 18.1 Å². The maximum Gasteiger partial charge on any atom is 0.312 e. The Bertz CT molecular complexity index is 471. The Labute approximate surface area is 125 Å². The smallest absolute Gasteiger partial charge is 0.312 e. The molecule has 0 fully saturated rings. The highest BCUT2D eigenvalue weighted by molar-refractivity contribution is 9.10. The fourth-order valence-electron chi connectivity index (χ4n) is 1.43. The minimum atomic E-state index is -0.593. The van der Waals surface area contributed by atoms with Crippen molar-refractivity contribution < 1.29 is 14.1 Å². The molecule has 0 spiro atoms. The van der Waals surface area contributed by atoms with Crippen LogP contribution in [0.25, 0.3) is 0 Å². The number of thiol groups is 1. The van der Waals surface area contributed by atoms with Crippen molar-refractivity contribution in [3.8, 4) is 5.75 Å². The van der Waals surface area contributed by atoms with Gasteiger partial charge in [0.05, 0.1) is 16.0 Å². The Kier molecular flexibility index (Phi) is 6.06. The number of ether oxygens (including phenoxy) is 1. The van der Waals surface area contributed by atoms with Crippen LogP contribution in [0.3, 0.4) is 0 Å². The molecule has 0 aromatic heterocycles. The zero-order valence-corrected chi connectivity index (χ0v) is 13.1. The second-order valence-corrected chi connectivity index (χ2v) is 5.71. The molecule has 0 amide bonds. The van der Waals surface area contributed by atoms with Gasteiger partial charge in [-0.1, -0.05) is 13.8 Å². The molecule has 0 aliphatic heterocycles. The third kappa shape index (κ3) is 4.35. The average molecular weight is 352 g/mol. The third-order valence-electron chi connectivity index (χ3n) is 2.83. The molecule has 1 unspecified atom stereocenters. The van der Waals surface area contributed by atoms with Crippen LogP contribution in [0.4, 0.5) is 10.1 Å². The molecule has 0 bridgehead atoms.